The van der Waals surface area contributed by atoms with Crippen molar-refractivity contribution in [2.75, 3.05) is 12.3 Å². The molecule has 1 aliphatic rings. The third kappa shape index (κ3) is 3.58. The minimum Gasteiger partial charge on any atom is -0.459 e. The quantitative estimate of drug-likeness (QED) is 0.560. The molecular weight excluding hydrogens is 346 g/mol. The van der Waals surface area contributed by atoms with Crippen LogP contribution < -0.4 is 11.3 Å². The number of fused-ring (bicyclic) bond motifs is 1. The lowest BCUT2D eigenvalue weighted by Crippen LogP contribution is -2.30. The monoisotopic (exact) mass is 365 g/mol. The second-order valence-electron chi connectivity index (χ2n) is 6.05. The van der Waals surface area contributed by atoms with Gasteiger partial charge >= 0.3 is 5.97 Å². The number of aliphatic hydroxyl groups is 1. The van der Waals surface area contributed by atoms with Gasteiger partial charge < -0.3 is 25.1 Å². The van der Waals surface area contributed by atoms with Gasteiger partial charge in [-0.05, 0) is 6.92 Å². The maximum Gasteiger partial charge on any atom is 0.306 e. The summed E-state index contributed by atoms with van der Waals surface area (Å²) in [5.41, 5.74) is 5.43. The summed E-state index contributed by atoms with van der Waals surface area (Å²) >= 11 is 0. The van der Waals surface area contributed by atoms with E-state index in [-0.39, 0.29) is 48.8 Å². The summed E-state index contributed by atoms with van der Waals surface area (Å²) in [5.74, 6) is -0.713. The van der Waals surface area contributed by atoms with E-state index in [0.29, 0.717) is 0 Å². The number of nitrogens with one attached hydrogen (secondary N) is 1. The number of Topliss-reactive ketones (excluding diaryl/α,β-unsaturated/α-hetero) is 1. The Kier molecular flexibility index (Phi) is 5.00. The van der Waals surface area contributed by atoms with E-state index in [9.17, 15) is 19.5 Å². The standard InChI is InChI=1S/C15H19N5O6/c1-7(22)2-3-11(23)26-8-4-10(25-9(8)5-21)20-6-17-12-13(20)18-15(16)19-14(12)24/h6,8-10,21H,2-5H2,1H3,(H3,16,18,19,24)/t8-,9+,10+/m0/s1. The van der Waals surface area contributed by atoms with Crippen molar-refractivity contribution in [3.63, 3.8) is 0 Å². The molecular formula is C15H19N5O6. The number of ketones is 1. The van der Waals surface area contributed by atoms with Crippen LogP contribution in [0.3, 0.4) is 0 Å². The number of rotatable bonds is 6. The van der Waals surface area contributed by atoms with Crippen LogP contribution in [-0.2, 0) is 19.1 Å². The topological polar surface area (TPSA) is 162 Å². The predicted octanol–water partition coefficient (Wildman–Crippen LogP) is -0.737. The van der Waals surface area contributed by atoms with Gasteiger partial charge in [0.1, 0.15) is 24.2 Å². The van der Waals surface area contributed by atoms with E-state index >= 15 is 0 Å². The zero-order chi connectivity index (χ0) is 18.8. The first-order valence-electron chi connectivity index (χ1n) is 8.06. The minimum absolute atomic E-state index is 0.0316. The fourth-order valence-corrected chi connectivity index (χ4v) is 2.82. The van der Waals surface area contributed by atoms with Gasteiger partial charge in [-0.15, -0.1) is 0 Å². The number of aliphatic hydroxyl groups excluding tert-OH is 1. The van der Waals surface area contributed by atoms with E-state index in [1.54, 1.807) is 0 Å². The summed E-state index contributed by atoms with van der Waals surface area (Å²) in [6.07, 6.45) is -0.397. The first-order valence-corrected chi connectivity index (χ1v) is 8.06. The molecule has 11 nitrogen and oxygen atoms in total. The van der Waals surface area contributed by atoms with Crippen molar-refractivity contribution in [2.24, 2.45) is 0 Å². The number of aromatic amines is 1. The van der Waals surface area contributed by atoms with Gasteiger partial charge in [0.05, 0.1) is 19.4 Å². The number of ether oxygens (including phenoxy) is 2. The molecule has 140 valence electrons. The highest BCUT2D eigenvalue weighted by atomic mass is 16.6. The van der Waals surface area contributed by atoms with Crippen LogP contribution in [0.5, 0.6) is 0 Å². The lowest BCUT2D eigenvalue weighted by molar-refractivity contribution is -0.153. The number of hydrogen-bond acceptors (Lipinski definition) is 9. The molecule has 3 atom stereocenters. The number of carbonyl (C=O) groups excluding carboxylic acids is 2. The first-order chi connectivity index (χ1) is 12.4. The summed E-state index contributed by atoms with van der Waals surface area (Å²) in [6, 6.07) is 0. The molecule has 26 heavy (non-hydrogen) atoms. The largest absolute Gasteiger partial charge is 0.459 e. The maximum atomic E-state index is 11.9. The first kappa shape index (κ1) is 18.0. The zero-order valence-electron chi connectivity index (χ0n) is 14.0. The predicted molar refractivity (Wildman–Crippen MR) is 88.0 cm³/mol. The van der Waals surface area contributed by atoms with Gasteiger partial charge in [-0.3, -0.25) is 19.1 Å². The van der Waals surface area contributed by atoms with Crippen molar-refractivity contribution in [3.05, 3.63) is 16.7 Å². The van der Waals surface area contributed by atoms with Crippen LogP contribution >= 0.6 is 0 Å². The Hall–Kier alpha value is -2.79. The molecule has 0 spiro atoms. The normalized spacial score (nSPS) is 22.6. The Labute approximate surface area is 147 Å². The molecule has 3 heterocycles. The number of hydrogen-bond donors (Lipinski definition) is 3. The molecule has 1 aliphatic heterocycles. The van der Waals surface area contributed by atoms with Crippen LogP contribution in [-0.4, -0.2) is 55.2 Å². The van der Waals surface area contributed by atoms with Gasteiger partial charge in [0.2, 0.25) is 5.95 Å². The molecule has 0 aromatic carbocycles. The number of anilines is 1. The molecule has 4 N–H and O–H groups in total. The fraction of sp³-hybridized carbons (Fsp3) is 0.533. The molecule has 1 saturated heterocycles. The molecule has 0 radical (unpaired) electrons. The summed E-state index contributed by atoms with van der Waals surface area (Å²) < 4.78 is 12.6. The second kappa shape index (κ2) is 7.22. The third-order valence-corrected chi connectivity index (χ3v) is 4.09. The number of carbonyl (C=O) groups is 2. The van der Waals surface area contributed by atoms with Crippen LogP contribution in [0.4, 0.5) is 5.95 Å². The third-order valence-electron chi connectivity index (χ3n) is 4.09. The molecule has 0 aliphatic carbocycles. The molecule has 1 fully saturated rings. The van der Waals surface area contributed by atoms with Gasteiger partial charge in [-0.1, -0.05) is 0 Å². The van der Waals surface area contributed by atoms with Crippen LogP contribution in [0.25, 0.3) is 11.2 Å². The molecule has 0 amide bonds. The van der Waals surface area contributed by atoms with Gasteiger partial charge in [-0.25, -0.2) is 4.98 Å². The van der Waals surface area contributed by atoms with Crippen LogP contribution in [0.1, 0.15) is 32.4 Å². The number of aromatic nitrogens is 4. The van der Waals surface area contributed by atoms with E-state index in [1.165, 1.54) is 17.8 Å². The van der Waals surface area contributed by atoms with Crippen molar-refractivity contribution < 1.29 is 24.2 Å². The Morgan fingerprint density at radius 2 is 2.27 bits per heavy atom. The smallest absolute Gasteiger partial charge is 0.306 e. The van der Waals surface area contributed by atoms with Crippen molar-refractivity contribution in [1.82, 2.24) is 19.5 Å². The number of nitrogen functional groups attached to an aromatic ring is 1. The van der Waals surface area contributed by atoms with E-state index < -0.39 is 30.0 Å². The van der Waals surface area contributed by atoms with Gasteiger partial charge in [0.15, 0.2) is 11.2 Å². The molecule has 0 bridgehead atoms. The summed E-state index contributed by atoms with van der Waals surface area (Å²) in [4.78, 5) is 45.1. The number of esters is 1. The molecule has 2 aromatic heterocycles. The lowest BCUT2D eigenvalue weighted by atomic mass is 10.2. The van der Waals surface area contributed by atoms with Gasteiger partial charge in [0, 0.05) is 12.8 Å². The van der Waals surface area contributed by atoms with Crippen LogP contribution in [0.15, 0.2) is 11.1 Å². The van der Waals surface area contributed by atoms with E-state index in [4.69, 9.17) is 15.2 Å². The Balaban J connectivity index is 1.78. The molecule has 0 unspecified atom stereocenters. The zero-order valence-corrected chi connectivity index (χ0v) is 14.0. The van der Waals surface area contributed by atoms with E-state index in [1.807, 2.05) is 0 Å². The fourth-order valence-electron chi connectivity index (χ4n) is 2.82. The Bertz CT molecular complexity index is 890. The number of nitrogens with zero attached hydrogens (tertiary/aromatic N) is 3. The average Bonchev–Trinajstić information content (AvgIpc) is 3.16. The van der Waals surface area contributed by atoms with E-state index in [0.717, 1.165) is 0 Å². The summed E-state index contributed by atoms with van der Waals surface area (Å²) in [5, 5.41) is 9.50. The highest BCUT2D eigenvalue weighted by Gasteiger charge is 2.39. The SMILES string of the molecule is CC(=O)CCC(=O)O[C@H]1C[C@H](n2cnc3c(=O)[nH]c(N)nc32)O[C@@H]1CO. The summed E-state index contributed by atoms with van der Waals surface area (Å²) in [7, 11) is 0. The van der Waals surface area contributed by atoms with Crippen LogP contribution in [0, 0.1) is 0 Å². The van der Waals surface area contributed by atoms with Gasteiger partial charge in [0.25, 0.3) is 5.56 Å². The maximum absolute atomic E-state index is 11.9. The molecule has 0 saturated carbocycles. The lowest BCUT2D eigenvalue weighted by Gasteiger charge is -2.16. The van der Waals surface area contributed by atoms with Crippen molar-refractivity contribution in [3.8, 4) is 0 Å². The number of nitrogens with two attached hydrogens (primary N) is 1. The minimum atomic E-state index is -0.738. The van der Waals surface area contributed by atoms with E-state index in [2.05, 4.69) is 15.0 Å². The molecule has 2 aromatic rings. The number of H-pyrrole nitrogens is 1. The molecule has 3 rings (SSSR count). The van der Waals surface area contributed by atoms with Crippen molar-refractivity contribution in [2.45, 2.75) is 44.6 Å². The Morgan fingerprint density at radius 3 is 2.96 bits per heavy atom. The second-order valence-corrected chi connectivity index (χ2v) is 6.05. The van der Waals surface area contributed by atoms with Crippen LogP contribution in [0.2, 0.25) is 0 Å². The molecule has 11 heteroatoms. The highest BCUT2D eigenvalue weighted by molar-refractivity contribution is 5.81. The highest BCUT2D eigenvalue weighted by Crippen LogP contribution is 2.32. The van der Waals surface area contributed by atoms with Crippen molar-refractivity contribution in [1.29, 1.82) is 0 Å². The van der Waals surface area contributed by atoms with Crippen molar-refractivity contribution >= 4 is 28.9 Å². The summed E-state index contributed by atoms with van der Waals surface area (Å²) in [6.45, 7) is 1.03. The van der Waals surface area contributed by atoms with Gasteiger partial charge in [-0.2, -0.15) is 4.98 Å². The average molecular weight is 365 g/mol. The Morgan fingerprint density at radius 1 is 1.50 bits per heavy atom. The number of imidazole rings is 1.